The molecule has 1 amide bonds. The highest BCUT2D eigenvalue weighted by Gasteiger charge is 2.07. The van der Waals surface area contributed by atoms with Gasteiger partial charge in [-0.15, -0.1) is 4.37 Å². The molecule has 0 aliphatic rings. The Morgan fingerprint density at radius 1 is 1.67 bits per heavy atom. The Hall–Kier alpha value is -1.25. The van der Waals surface area contributed by atoms with E-state index in [1.54, 1.807) is 14.1 Å². The number of carbonyl (C=O) groups is 1. The zero-order valence-electron chi connectivity index (χ0n) is 10.5. The first-order chi connectivity index (χ1) is 8.59. The van der Waals surface area contributed by atoms with Crippen LogP contribution in [0.15, 0.2) is 6.20 Å². The number of ether oxygens (including phenoxy) is 1. The first kappa shape index (κ1) is 14.8. The van der Waals surface area contributed by atoms with E-state index in [1.165, 1.54) is 11.1 Å². The van der Waals surface area contributed by atoms with Gasteiger partial charge in [0.25, 0.3) is 0 Å². The van der Waals surface area contributed by atoms with Crippen molar-refractivity contribution in [2.75, 3.05) is 33.8 Å². The zero-order valence-corrected chi connectivity index (χ0v) is 11.3. The Bertz CT molecular complexity index is 345. The Labute approximate surface area is 110 Å². The van der Waals surface area contributed by atoms with Crippen molar-refractivity contribution in [1.82, 2.24) is 19.0 Å². The molecule has 1 rings (SSSR count). The minimum Gasteiger partial charge on any atom is -0.473 e. The van der Waals surface area contributed by atoms with Gasteiger partial charge in [-0.2, -0.15) is 4.37 Å². The van der Waals surface area contributed by atoms with Crippen molar-refractivity contribution in [3.63, 3.8) is 0 Å². The zero-order chi connectivity index (χ0) is 13.4. The van der Waals surface area contributed by atoms with Crippen LogP contribution >= 0.6 is 11.7 Å². The molecule has 0 fully saturated rings. The van der Waals surface area contributed by atoms with Crippen molar-refractivity contribution in [1.29, 1.82) is 0 Å². The number of hydrogen-bond acceptors (Lipinski definition) is 7. The SMILES string of the molecule is CN(C)C(=O)CCNCC(O)COc1cnsn1. The molecule has 1 heterocycles. The van der Waals surface area contributed by atoms with Crippen LogP contribution in [-0.2, 0) is 4.79 Å². The molecule has 0 aromatic carbocycles. The van der Waals surface area contributed by atoms with Gasteiger partial charge in [0.15, 0.2) is 0 Å². The number of carbonyl (C=O) groups excluding carboxylic acids is 1. The minimum atomic E-state index is -0.638. The normalized spacial score (nSPS) is 12.2. The first-order valence-corrected chi connectivity index (χ1v) is 6.32. The maximum absolute atomic E-state index is 11.3. The lowest BCUT2D eigenvalue weighted by atomic mass is 10.3. The van der Waals surface area contributed by atoms with Crippen molar-refractivity contribution < 1.29 is 14.6 Å². The summed E-state index contributed by atoms with van der Waals surface area (Å²) in [5.74, 6) is 0.476. The van der Waals surface area contributed by atoms with Crippen molar-refractivity contribution in [3.8, 4) is 5.88 Å². The van der Waals surface area contributed by atoms with E-state index < -0.39 is 6.10 Å². The molecule has 8 heteroatoms. The molecule has 0 aliphatic carbocycles. The molecule has 1 unspecified atom stereocenters. The van der Waals surface area contributed by atoms with Crippen LogP contribution in [0.1, 0.15) is 6.42 Å². The van der Waals surface area contributed by atoms with Gasteiger partial charge in [-0.05, 0) is 0 Å². The number of hydrogen-bond donors (Lipinski definition) is 2. The Balaban J connectivity index is 2.03. The number of nitrogens with one attached hydrogen (secondary N) is 1. The standard InChI is InChI=1S/C10H18N4O3S/c1-14(2)10(16)3-4-11-5-8(15)7-17-9-6-12-18-13-9/h6,8,11,15H,3-5,7H2,1-2H3. The van der Waals surface area contributed by atoms with Crippen molar-refractivity contribution in [3.05, 3.63) is 6.20 Å². The van der Waals surface area contributed by atoms with Gasteiger partial charge in [-0.1, -0.05) is 0 Å². The quantitative estimate of drug-likeness (QED) is 0.612. The fourth-order valence-electron chi connectivity index (χ4n) is 1.15. The predicted molar refractivity (Wildman–Crippen MR) is 67.6 cm³/mol. The summed E-state index contributed by atoms with van der Waals surface area (Å²) in [4.78, 5) is 12.8. The number of aliphatic hydroxyl groups excluding tert-OH is 1. The van der Waals surface area contributed by atoms with Gasteiger partial charge in [0.05, 0.1) is 11.7 Å². The van der Waals surface area contributed by atoms with E-state index >= 15 is 0 Å². The smallest absolute Gasteiger partial charge is 0.245 e. The third-order valence-electron chi connectivity index (χ3n) is 2.16. The summed E-state index contributed by atoms with van der Waals surface area (Å²) in [6.45, 7) is 1.06. The van der Waals surface area contributed by atoms with Gasteiger partial charge < -0.3 is 20.1 Å². The topological polar surface area (TPSA) is 87.6 Å². The van der Waals surface area contributed by atoms with Crippen LogP contribution in [0, 0.1) is 0 Å². The van der Waals surface area contributed by atoms with Crippen LogP contribution in [0.5, 0.6) is 5.88 Å². The highest BCUT2D eigenvalue weighted by atomic mass is 32.1. The molecule has 18 heavy (non-hydrogen) atoms. The monoisotopic (exact) mass is 274 g/mol. The van der Waals surface area contributed by atoms with E-state index in [1.807, 2.05) is 0 Å². The highest BCUT2D eigenvalue weighted by Crippen LogP contribution is 2.04. The molecule has 0 saturated carbocycles. The van der Waals surface area contributed by atoms with E-state index in [0.717, 1.165) is 11.7 Å². The van der Waals surface area contributed by atoms with E-state index in [-0.39, 0.29) is 12.5 Å². The predicted octanol–water partition coefficient (Wildman–Crippen LogP) is -0.654. The molecule has 0 aliphatic heterocycles. The van der Waals surface area contributed by atoms with Gasteiger partial charge >= 0.3 is 0 Å². The van der Waals surface area contributed by atoms with Crippen molar-refractivity contribution in [2.45, 2.75) is 12.5 Å². The molecule has 7 nitrogen and oxygen atoms in total. The maximum atomic E-state index is 11.3. The van der Waals surface area contributed by atoms with Crippen LogP contribution in [0.2, 0.25) is 0 Å². The number of rotatable bonds is 8. The second-order valence-corrected chi connectivity index (χ2v) is 4.51. The molecule has 1 aromatic heterocycles. The average Bonchev–Trinajstić information content (AvgIpc) is 2.84. The molecule has 0 radical (unpaired) electrons. The lowest BCUT2D eigenvalue weighted by Gasteiger charge is -2.13. The van der Waals surface area contributed by atoms with Gasteiger partial charge in [0.2, 0.25) is 11.8 Å². The third-order valence-corrected chi connectivity index (χ3v) is 2.62. The van der Waals surface area contributed by atoms with Gasteiger partial charge in [-0.25, -0.2) is 0 Å². The van der Waals surface area contributed by atoms with Crippen molar-refractivity contribution in [2.24, 2.45) is 0 Å². The number of aliphatic hydroxyl groups is 1. The number of amides is 1. The molecule has 0 spiro atoms. The summed E-state index contributed by atoms with van der Waals surface area (Å²) in [6, 6.07) is 0. The molecule has 1 atom stereocenters. The van der Waals surface area contributed by atoms with E-state index in [9.17, 15) is 9.90 Å². The molecular weight excluding hydrogens is 256 g/mol. The van der Waals surface area contributed by atoms with Crippen LogP contribution in [-0.4, -0.2) is 64.6 Å². The third kappa shape index (κ3) is 5.89. The van der Waals surface area contributed by atoms with Crippen LogP contribution < -0.4 is 10.1 Å². The van der Waals surface area contributed by atoms with Gasteiger partial charge in [-0.3, -0.25) is 4.79 Å². The Kier molecular flexibility index (Phi) is 6.55. The van der Waals surface area contributed by atoms with Gasteiger partial charge in [0.1, 0.15) is 18.9 Å². The summed E-state index contributed by atoms with van der Waals surface area (Å²) >= 11 is 1.05. The van der Waals surface area contributed by atoms with Crippen LogP contribution in [0.25, 0.3) is 0 Å². The highest BCUT2D eigenvalue weighted by molar-refractivity contribution is 6.99. The Morgan fingerprint density at radius 2 is 2.44 bits per heavy atom. The van der Waals surface area contributed by atoms with E-state index in [0.29, 0.717) is 25.4 Å². The lowest BCUT2D eigenvalue weighted by Crippen LogP contribution is -2.34. The molecule has 0 saturated heterocycles. The molecular formula is C10H18N4O3S. The van der Waals surface area contributed by atoms with Crippen LogP contribution in [0.4, 0.5) is 0 Å². The minimum absolute atomic E-state index is 0.0572. The molecule has 2 N–H and O–H groups in total. The van der Waals surface area contributed by atoms with E-state index in [4.69, 9.17) is 4.74 Å². The summed E-state index contributed by atoms with van der Waals surface area (Å²) in [5.41, 5.74) is 0. The van der Waals surface area contributed by atoms with Crippen molar-refractivity contribution >= 4 is 17.6 Å². The first-order valence-electron chi connectivity index (χ1n) is 5.59. The fourth-order valence-corrected chi connectivity index (χ4v) is 1.51. The van der Waals surface area contributed by atoms with E-state index in [2.05, 4.69) is 14.1 Å². The summed E-state index contributed by atoms with van der Waals surface area (Å²) in [6.07, 6.45) is 1.28. The molecule has 1 aromatic rings. The fraction of sp³-hybridized carbons (Fsp3) is 0.700. The lowest BCUT2D eigenvalue weighted by molar-refractivity contribution is -0.128. The molecule has 102 valence electrons. The number of aromatic nitrogens is 2. The summed E-state index contributed by atoms with van der Waals surface area (Å²) < 4.78 is 12.8. The van der Waals surface area contributed by atoms with Gasteiger partial charge in [0, 0.05) is 33.6 Å². The largest absolute Gasteiger partial charge is 0.473 e. The summed E-state index contributed by atoms with van der Waals surface area (Å²) in [5, 5.41) is 12.6. The summed E-state index contributed by atoms with van der Waals surface area (Å²) in [7, 11) is 3.43. The Morgan fingerprint density at radius 3 is 3.06 bits per heavy atom. The second kappa shape index (κ2) is 7.96. The maximum Gasteiger partial charge on any atom is 0.245 e. The number of nitrogens with zero attached hydrogens (tertiary/aromatic N) is 3. The average molecular weight is 274 g/mol. The van der Waals surface area contributed by atoms with Crippen LogP contribution in [0.3, 0.4) is 0 Å². The second-order valence-electron chi connectivity index (χ2n) is 3.95. The molecule has 0 bridgehead atoms.